The Balaban J connectivity index is 2.85. The molecule has 0 radical (unpaired) electrons. The number of benzene rings is 1. The second kappa shape index (κ2) is 7.93. The van der Waals surface area contributed by atoms with Crippen LogP contribution in [-0.4, -0.2) is 23.8 Å². The maximum atomic E-state index is 6.17. The average Bonchev–Trinajstić information content (AvgIpc) is 2.37. The Morgan fingerprint density at radius 2 is 1.76 bits per heavy atom. The van der Waals surface area contributed by atoms with Gasteiger partial charge in [0.05, 0.1) is 0 Å². The van der Waals surface area contributed by atoms with Crippen molar-refractivity contribution < 1.29 is 0 Å². The molecule has 0 unspecified atom stereocenters. The van der Waals surface area contributed by atoms with E-state index in [1.54, 1.807) is 0 Å². The molecule has 1 aromatic carbocycles. The molecule has 0 aliphatic carbocycles. The Labute approximate surface area is 127 Å². The minimum absolute atomic E-state index is 0.0838. The minimum atomic E-state index is -0.0838. The fraction of sp³-hybridized carbons (Fsp3) is 0.538. The molecule has 1 rings (SSSR count). The van der Waals surface area contributed by atoms with Gasteiger partial charge in [-0.3, -0.25) is 0 Å². The zero-order valence-electron chi connectivity index (χ0n) is 9.89. The molecule has 0 saturated carbocycles. The van der Waals surface area contributed by atoms with Gasteiger partial charge in [0.1, 0.15) is 0 Å². The Kier molecular flexibility index (Phi) is 7.32. The molecule has 0 aromatic heterocycles. The highest BCUT2D eigenvalue weighted by Gasteiger charge is 2.29. The lowest BCUT2D eigenvalue weighted by Crippen LogP contribution is -2.30. The monoisotopic (exact) mass is 354 g/mol. The molecule has 4 heteroatoms. The van der Waals surface area contributed by atoms with Crippen LogP contribution in [0.25, 0.3) is 0 Å². The van der Waals surface area contributed by atoms with Gasteiger partial charge in [0, 0.05) is 21.6 Å². The van der Waals surface area contributed by atoms with Crippen LogP contribution in [0.5, 0.6) is 0 Å². The van der Waals surface area contributed by atoms with Crippen molar-refractivity contribution in [1.82, 2.24) is 0 Å². The summed E-state index contributed by atoms with van der Waals surface area (Å²) in [5.41, 5.74) is 1.16. The first-order valence-corrected chi connectivity index (χ1v) is 8.81. The zero-order chi connectivity index (χ0) is 12.7. The molecule has 0 nitrogen and oxygen atoms in total. The summed E-state index contributed by atoms with van der Waals surface area (Å²) >= 11 is 17.7. The molecule has 0 bridgehead atoms. The lowest BCUT2D eigenvalue weighted by molar-refractivity contribution is 0.487. The first kappa shape index (κ1) is 15.7. The van der Waals surface area contributed by atoms with E-state index in [0.717, 1.165) is 23.1 Å². The second-order valence-electron chi connectivity index (χ2n) is 4.15. The average molecular weight is 356 g/mol. The molecule has 1 aromatic rings. The van der Waals surface area contributed by atoms with Gasteiger partial charge in [0.25, 0.3) is 0 Å². The van der Waals surface area contributed by atoms with Crippen molar-refractivity contribution in [3.05, 3.63) is 34.3 Å². The van der Waals surface area contributed by atoms with Crippen LogP contribution in [0.1, 0.15) is 18.4 Å². The van der Waals surface area contributed by atoms with Crippen LogP contribution in [0.15, 0.2) is 28.7 Å². The van der Waals surface area contributed by atoms with Crippen LogP contribution in [0.2, 0.25) is 0 Å². The van der Waals surface area contributed by atoms with Crippen molar-refractivity contribution in [2.45, 2.75) is 18.3 Å². The molecule has 0 N–H and O–H groups in total. The van der Waals surface area contributed by atoms with Crippen LogP contribution < -0.4 is 0 Å². The van der Waals surface area contributed by atoms with E-state index in [1.807, 2.05) is 11.8 Å². The largest absolute Gasteiger partial charge is 0.165 e. The van der Waals surface area contributed by atoms with Crippen molar-refractivity contribution >= 4 is 50.9 Å². The van der Waals surface area contributed by atoms with E-state index in [4.69, 9.17) is 23.2 Å². The molecule has 0 spiro atoms. The molecule has 17 heavy (non-hydrogen) atoms. The molecule has 0 heterocycles. The normalized spacial score (nSPS) is 11.8. The van der Waals surface area contributed by atoms with E-state index >= 15 is 0 Å². The van der Waals surface area contributed by atoms with Crippen LogP contribution in [0, 0.1) is 0 Å². The van der Waals surface area contributed by atoms with Crippen LogP contribution in [0.3, 0.4) is 0 Å². The van der Waals surface area contributed by atoms with E-state index in [0.29, 0.717) is 11.8 Å². The van der Waals surface area contributed by atoms with Crippen molar-refractivity contribution in [1.29, 1.82) is 0 Å². The standard InChI is InChI=1S/C13H17BrCl2S/c1-17-8-2-7-13(9-15,10-16)11-3-5-12(14)6-4-11/h3-6H,2,7-10H2,1H3. The Morgan fingerprint density at radius 3 is 2.24 bits per heavy atom. The quantitative estimate of drug-likeness (QED) is 0.472. The topological polar surface area (TPSA) is 0 Å². The Morgan fingerprint density at radius 1 is 1.18 bits per heavy atom. The van der Waals surface area contributed by atoms with Crippen molar-refractivity contribution in [2.75, 3.05) is 23.8 Å². The summed E-state index contributed by atoms with van der Waals surface area (Å²) in [5, 5.41) is 0. The molecule has 96 valence electrons. The first-order chi connectivity index (χ1) is 8.18. The maximum Gasteiger partial charge on any atom is 0.0332 e. The molecule has 0 amide bonds. The predicted octanol–water partition coefficient (Wildman–Crippen LogP) is 5.31. The van der Waals surface area contributed by atoms with Gasteiger partial charge in [-0.1, -0.05) is 28.1 Å². The van der Waals surface area contributed by atoms with Gasteiger partial charge in [-0.05, 0) is 42.5 Å². The van der Waals surface area contributed by atoms with E-state index in [2.05, 4.69) is 46.5 Å². The summed E-state index contributed by atoms with van der Waals surface area (Å²) in [4.78, 5) is 0. The zero-order valence-corrected chi connectivity index (χ0v) is 13.8. The van der Waals surface area contributed by atoms with Crippen LogP contribution in [-0.2, 0) is 5.41 Å². The van der Waals surface area contributed by atoms with Gasteiger partial charge in [-0.2, -0.15) is 11.8 Å². The number of halogens is 3. The van der Waals surface area contributed by atoms with Crippen LogP contribution in [0.4, 0.5) is 0 Å². The minimum Gasteiger partial charge on any atom is -0.165 e. The summed E-state index contributed by atoms with van der Waals surface area (Å²) in [6.07, 6.45) is 4.32. The number of rotatable bonds is 7. The summed E-state index contributed by atoms with van der Waals surface area (Å²) in [6.45, 7) is 0. The third-order valence-electron chi connectivity index (χ3n) is 2.97. The van der Waals surface area contributed by atoms with Gasteiger partial charge >= 0.3 is 0 Å². The van der Waals surface area contributed by atoms with Gasteiger partial charge in [0.15, 0.2) is 0 Å². The molecule has 0 aliphatic rings. The molecular weight excluding hydrogens is 339 g/mol. The lowest BCUT2D eigenvalue weighted by Gasteiger charge is -2.30. The first-order valence-electron chi connectivity index (χ1n) is 5.55. The van der Waals surface area contributed by atoms with Gasteiger partial charge in [-0.15, -0.1) is 23.2 Å². The van der Waals surface area contributed by atoms with Gasteiger partial charge in [0.2, 0.25) is 0 Å². The van der Waals surface area contributed by atoms with E-state index < -0.39 is 0 Å². The lowest BCUT2D eigenvalue weighted by atomic mass is 9.80. The number of hydrogen-bond donors (Lipinski definition) is 0. The van der Waals surface area contributed by atoms with E-state index in [-0.39, 0.29) is 5.41 Å². The second-order valence-corrected chi connectivity index (χ2v) is 6.59. The number of thioether (sulfide) groups is 1. The highest BCUT2D eigenvalue weighted by Crippen LogP contribution is 2.33. The maximum absolute atomic E-state index is 6.17. The molecule has 0 atom stereocenters. The highest BCUT2D eigenvalue weighted by molar-refractivity contribution is 9.10. The fourth-order valence-corrected chi connectivity index (χ4v) is 3.39. The summed E-state index contributed by atoms with van der Waals surface area (Å²) in [6, 6.07) is 8.34. The molecular formula is C13H17BrCl2S. The van der Waals surface area contributed by atoms with Gasteiger partial charge < -0.3 is 0 Å². The SMILES string of the molecule is CSCCCC(CCl)(CCl)c1ccc(Br)cc1. The van der Waals surface area contributed by atoms with Crippen molar-refractivity contribution in [2.24, 2.45) is 0 Å². The Hall–Kier alpha value is 0.630. The van der Waals surface area contributed by atoms with Crippen molar-refractivity contribution in [3.8, 4) is 0 Å². The third-order valence-corrected chi connectivity index (χ3v) is 5.22. The van der Waals surface area contributed by atoms with Gasteiger partial charge in [-0.25, -0.2) is 0 Å². The van der Waals surface area contributed by atoms with Crippen molar-refractivity contribution in [3.63, 3.8) is 0 Å². The molecule has 0 saturated heterocycles. The van der Waals surface area contributed by atoms with E-state index in [9.17, 15) is 0 Å². The van der Waals surface area contributed by atoms with E-state index in [1.165, 1.54) is 5.56 Å². The van der Waals surface area contributed by atoms with Crippen LogP contribution >= 0.6 is 50.9 Å². The summed E-state index contributed by atoms with van der Waals surface area (Å²) in [5.74, 6) is 2.31. The number of hydrogen-bond acceptors (Lipinski definition) is 1. The summed E-state index contributed by atoms with van der Waals surface area (Å²) < 4.78 is 1.09. The molecule has 0 fully saturated rings. The highest BCUT2D eigenvalue weighted by atomic mass is 79.9. The number of alkyl halides is 2. The third kappa shape index (κ3) is 4.34. The predicted molar refractivity (Wildman–Crippen MR) is 84.9 cm³/mol. The fourth-order valence-electron chi connectivity index (χ4n) is 1.83. The molecule has 0 aliphatic heterocycles. The smallest absolute Gasteiger partial charge is 0.0332 e. The Bertz CT molecular complexity index is 323. The summed E-state index contributed by atoms with van der Waals surface area (Å²) in [7, 11) is 0.